The Morgan fingerprint density at radius 3 is 2.94 bits per heavy atom. The Morgan fingerprint density at radius 2 is 2.28 bits per heavy atom. The van der Waals surface area contributed by atoms with Gasteiger partial charge >= 0.3 is 5.97 Å². The van der Waals surface area contributed by atoms with Gasteiger partial charge in [0.05, 0.1) is 39.1 Å². The van der Waals surface area contributed by atoms with Crippen LogP contribution in [-0.4, -0.2) is 22.3 Å². The number of carbonyl (C=O) groups is 1. The molecule has 0 radical (unpaired) electrons. The number of hydrogen-bond acceptors (Lipinski definition) is 5. The van der Waals surface area contributed by atoms with Gasteiger partial charge in [0.1, 0.15) is 0 Å². The summed E-state index contributed by atoms with van der Waals surface area (Å²) in [5.74, 6) is -0.243. The van der Waals surface area contributed by atoms with E-state index in [0.717, 1.165) is 4.21 Å². The number of thiophene rings is 1. The lowest BCUT2D eigenvalue weighted by atomic mass is 10.2. The molecule has 0 fully saturated rings. The number of pyridine rings is 1. The third-order valence-corrected chi connectivity index (χ3v) is 4.91. The molecule has 2 aromatic rings. The van der Waals surface area contributed by atoms with Crippen LogP contribution in [0, 0.1) is 0 Å². The van der Waals surface area contributed by atoms with E-state index in [4.69, 9.17) is 0 Å². The number of hydrogen-bond donors (Lipinski definition) is 0. The van der Waals surface area contributed by atoms with E-state index in [2.05, 4.69) is 9.72 Å². The second-order valence-electron chi connectivity index (χ2n) is 3.41. The van der Waals surface area contributed by atoms with Crippen LogP contribution in [0.15, 0.2) is 40.1 Å². The van der Waals surface area contributed by atoms with Crippen molar-refractivity contribution in [1.82, 2.24) is 4.98 Å². The first-order chi connectivity index (χ1) is 8.72. The molecule has 0 aliphatic rings. The van der Waals surface area contributed by atoms with Crippen LogP contribution in [0.3, 0.4) is 0 Å². The van der Waals surface area contributed by atoms with Gasteiger partial charge in [-0.1, -0.05) is 6.07 Å². The molecule has 4 nitrogen and oxygen atoms in total. The third-order valence-electron chi connectivity index (χ3n) is 2.28. The molecule has 0 aromatic carbocycles. The monoisotopic (exact) mass is 281 g/mol. The van der Waals surface area contributed by atoms with Gasteiger partial charge in [0.15, 0.2) is 0 Å². The summed E-state index contributed by atoms with van der Waals surface area (Å²) >= 11 is 1.43. The van der Waals surface area contributed by atoms with E-state index >= 15 is 0 Å². The van der Waals surface area contributed by atoms with Crippen molar-refractivity contribution in [2.75, 3.05) is 7.11 Å². The summed E-state index contributed by atoms with van der Waals surface area (Å²) in [5, 5.41) is 1.87. The number of methoxy groups -OCH3 is 1. The zero-order chi connectivity index (χ0) is 13.0. The molecule has 6 heteroatoms. The first kappa shape index (κ1) is 12.9. The molecule has 0 amide bonds. The van der Waals surface area contributed by atoms with Crippen molar-refractivity contribution in [3.8, 4) is 0 Å². The Morgan fingerprint density at radius 1 is 1.44 bits per heavy atom. The molecule has 0 saturated carbocycles. The summed E-state index contributed by atoms with van der Waals surface area (Å²) in [7, 11) is 0.131. The molecule has 0 aliphatic heterocycles. The minimum Gasteiger partial charge on any atom is -0.465 e. The van der Waals surface area contributed by atoms with Crippen molar-refractivity contribution < 1.29 is 13.7 Å². The predicted molar refractivity (Wildman–Crippen MR) is 70.0 cm³/mol. The Bertz CT molecular complexity index is 566. The number of ether oxygens (including phenoxy) is 1. The summed E-state index contributed by atoms with van der Waals surface area (Å²) < 4.78 is 17.5. The highest BCUT2D eigenvalue weighted by Crippen LogP contribution is 2.18. The van der Waals surface area contributed by atoms with Crippen LogP contribution in [0.2, 0.25) is 0 Å². The van der Waals surface area contributed by atoms with E-state index in [1.54, 1.807) is 18.3 Å². The minimum absolute atomic E-state index is 0.214. The molecule has 2 aromatic heterocycles. The maximum Gasteiger partial charge on any atom is 0.339 e. The van der Waals surface area contributed by atoms with E-state index in [1.165, 1.54) is 18.4 Å². The lowest BCUT2D eigenvalue weighted by Crippen LogP contribution is -2.09. The van der Waals surface area contributed by atoms with Gasteiger partial charge in [-0.25, -0.2) is 4.79 Å². The summed E-state index contributed by atoms with van der Waals surface area (Å²) in [6.07, 6.45) is 1.58. The first-order valence-corrected chi connectivity index (χ1v) is 7.36. The second kappa shape index (κ2) is 5.88. The molecule has 1 unspecified atom stereocenters. The van der Waals surface area contributed by atoms with Crippen molar-refractivity contribution in [2.45, 2.75) is 9.96 Å². The molecule has 18 heavy (non-hydrogen) atoms. The molecule has 0 N–H and O–H groups in total. The average Bonchev–Trinajstić information content (AvgIpc) is 2.92. The second-order valence-corrected chi connectivity index (χ2v) is 6.04. The van der Waals surface area contributed by atoms with Gasteiger partial charge < -0.3 is 4.74 Å². The number of rotatable bonds is 4. The molecule has 0 spiro atoms. The van der Waals surface area contributed by atoms with Gasteiger partial charge in [-0.3, -0.25) is 9.19 Å². The smallest absolute Gasteiger partial charge is 0.339 e. The van der Waals surface area contributed by atoms with Gasteiger partial charge in [-0.05, 0) is 23.6 Å². The van der Waals surface area contributed by atoms with Crippen molar-refractivity contribution in [3.05, 3.63) is 47.1 Å². The van der Waals surface area contributed by atoms with E-state index in [1.807, 2.05) is 17.5 Å². The Labute approximate surface area is 111 Å². The highest BCUT2D eigenvalue weighted by Gasteiger charge is 2.15. The van der Waals surface area contributed by atoms with Crippen LogP contribution >= 0.6 is 11.3 Å². The van der Waals surface area contributed by atoms with Crippen molar-refractivity contribution in [3.63, 3.8) is 0 Å². The molecule has 0 bridgehead atoms. The van der Waals surface area contributed by atoms with Crippen molar-refractivity contribution in [1.29, 1.82) is 0 Å². The maximum atomic E-state index is 12.1. The Balaban J connectivity index is 2.24. The van der Waals surface area contributed by atoms with E-state index < -0.39 is 16.8 Å². The van der Waals surface area contributed by atoms with E-state index in [-0.39, 0.29) is 5.75 Å². The normalized spacial score (nSPS) is 12.1. The number of aromatic nitrogens is 1. The largest absolute Gasteiger partial charge is 0.465 e. The Hall–Kier alpha value is -1.53. The highest BCUT2D eigenvalue weighted by molar-refractivity contribution is 7.86. The third kappa shape index (κ3) is 2.83. The summed E-state index contributed by atoms with van der Waals surface area (Å²) in [4.78, 5) is 15.7. The van der Waals surface area contributed by atoms with Gasteiger partial charge in [0, 0.05) is 6.20 Å². The van der Waals surface area contributed by atoms with Crippen LogP contribution in [0.4, 0.5) is 0 Å². The van der Waals surface area contributed by atoms with Crippen LogP contribution < -0.4 is 0 Å². The number of carbonyl (C=O) groups excluding carboxylic acids is 1. The summed E-state index contributed by atoms with van der Waals surface area (Å²) in [6, 6.07) is 6.93. The maximum absolute atomic E-state index is 12.1. The zero-order valence-corrected chi connectivity index (χ0v) is 11.3. The fraction of sp³-hybridized carbons (Fsp3) is 0.167. The fourth-order valence-electron chi connectivity index (χ4n) is 1.44. The molecular weight excluding hydrogens is 270 g/mol. The van der Waals surface area contributed by atoms with Crippen LogP contribution in [0.1, 0.15) is 16.1 Å². The zero-order valence-electron chi connectivity index (χ0n) is 9.66. The predicted octanol–water partition coefficient (Wildman–Crippen LogP) is 2.24. The molecule has 2 rings (SSSR count). The lowest BCUT2D eigenvalue weighted by molar-refractivity contribution is 0.0599. The molecule has 94 valence electrons. The molecule has 2 heterocycles. The van der Waals surface area contributed by atoms with Crippen LogP contribution in [-0.2, 0) is 21.3 Å². The van der Waals surface area contributed by atoms with Gasteiger partial charge in [0.2, 0.25) is 0 Å². The summed E-state index contributed by atoms with van der Waals surface area (Å²) in [5.41, 5.74) is 0.862. The lowest BCUT2D eigenvalue weighted by Gasteiger charge is -2.05. The van der Waals surface area contributed by atoms with Gasteiger partial charge in [-0.2, -0.15) is 0 Å². The van der Waals surface area contributed by atoms with E-state index in [9.17, 15) is 9.00 Å². The molecular formula is C12H11NO3S2. The van der Waals surface area contributed by atoms with Crippen LogP contribution in [0.5, 0.6) is 0 Å². The topological polar surface area (TPSA) is 56.3 Å². The number of nitrogens with zero attached hydrogens (tertiary/aromatic N) is 1. The highest BCUT2D eigenvalue weighted by atomic mass is 32.2. The van der Waals surface area contributed by atoms with Crippen molar-refractivity contribution in [2.24, 2.45) is 0 Å². The standard InChI is InChI=1S/C12H11NO3S2/c1-16-12(14)9-4-2-6-13-10(9)8-18(15)11-5-3-7-17-11/h2-7H,8H2,1H3. The Kier molecular flexibility index (Phi) is 4.22. The van der Waals surface area contributed by atoms with Crippen molar-refractivity contribution >= 4 is 28.1 Å². The molecule has 1 atom stereocenters. The first-order valence-electron chi connectivity index (χ1n) is 5.16. The number of esters is 1. The average molecular weight is 281 g/mol. The van der Waals surface area contributed by atoms with Crippen LogP contribution in [0.25, 0.3) is 0 Å². The minimum atomic E-state index is -1.18. The fourth-order valence-corrected chi connectivity index (χ4v) is 3.51. The van der Waals surface area contributed by atoms with Gasteiger partial charge in [-0.15, -0.1) is 11.3 Å². The molecule has 0 saturated heterocycles. The quantitative estimate of drug-likeness (QED) is 0.806. The van der Waals surface area contributed by atoms with E-state index in [0.29, 0.717) is 11.3 Å². The SMILES string of the molecule is COC(=O)c1cccnc1CS(=O)c1cccs1. The molecule has 0 aliphatic carbocycles. The van der Waals surface area contributed by atoms with Gasteiger partial charge in [0.25, 0.3) is 0 Å². The summed E-state index contributed by atoms with van der Waals surface area (Å²) in [6.45, 7) is 0.